The first-order valence-electron chi connectivity index (χ1n) is 19.9. The number of carbonyl (C=O) groups is 5. The minimum Gasteiger partial charge on any atom is -0.494 e. The molecule has 7 rings (SSSR count). The zero-order valence-electron chi connectivity index (χ0n) is 33.2. The van der Waals surface area contributed by atoms with Gasteiger partial charge in [-0.15, -0.1) is 0 Å². The number of amides is 5. The number of nitriles is 1. The van der Waals surface area contributed by atoms with Gasteiger partial charge in [0, 0.05) is 48.0 Å². The van der Waals surface area contributed by atoms with Crippen LogP contribution in [0.5, 0.6) is 11.5 Å². The van der Waals surface area contributed by atoms with E-state index >= 15 is 0 Å². The SMILES string of the molecule is CC1(C)[C@H](NC(=O)c2ccc(C3=CCN(CCCCCOc4ccc5c(c4)C(=O)N(C4CCC(=O)NC4=O)C5=O)CC3)cc2)C(C)(C)[C@H]1Oc1ccc(C#N)c(Cl)c1. The van der Waals surface area contributed by atoms with Crippen molar-refractivity contribution in [3.63, 3.8) is 0 Å². The Bertz CT molecular complexity index is 2210. The number of fused-ring (bicyclic) bond motifs is 1. The molecule has 3 aliphatic heterocycles. The van der Waals surface area contributed by atoms with E-state index in [4.69, 9.17) is 21.1 Å². The summed E-state index contributed by atoms with van der Waals surface area (Å²) in [7, 11) is 0. The average Bonchev–Trinajstić information content (AvgIpc) is 3.45. The van der Waals surface area contributed by atoms with Gasteiger partial charge in [0.05, 0.1) is 28.3 Å². The smallest absolute Gasteiger partial charge is 0.262 e. The van der Waals surface area contributed by atoms with Crippen LogP contribution in [0.4, 0.5) is 0 Å². The Balaban J connectivity index is 0.825. The topological polar surface area (TPSA) is 158 Å². The Kier molecular flexibility index (Phi) is 11.5. The van der Waals surface area contributed by atoms with Crippen LogP contribution >= 0.6 is 11.6 Å². The standard InChI is InChI=1S/C45H48ClN5O7/c1-44(2)42(45(3,4)43(44)58-32-13-12-30(26-47)35(46)25-32)49-38(53)29-10-8-27(9-11-29)28-18-21-50(22-19-28)20-6-5-7-23-57-31-14-15-33-34(24-31)41(56)51(40(33)55)36-16-17-37(52)48-39(36)54/h8-15,18,24-25,36,42-43H,5-7,16-17,19-23H2,1-4H3,(H,49,53)(H,48,52,54)/t36?,42-,43-. The number of carbonyl (C=O) groups excluding carboxylic acids is 5. The number of imide groups is 2. The lowest BCUT2D eigenvalue weighted by atomic mass is 9.49. The largest absolute Gasteiger partial charge is 0.494 e. The van der Waals surface area contributed by atoms with Gasteiger partial charge in [-0.2, -0.15) is 5.26 Å². The molecule has 12 nitrogen and oxygen atoms in total. The number of benzene rings is 3. The van der Waals surface area contributed by atoms with Gasteiger partial charge in [0.25, 0.3) is 17.7 Å². The minimum absolute atomic E-state index is 0.0741. The highest BCUT2D eigenvalue weighted by atomic mass is 35.5. The van der Waals surface area contributed by atoms with Crippen molar-refractivity contribution in [3.8, 4) is 17.6 Å². The molecule has 0 bridgehead atoms. The summed E-state index contributed by atoms with van der Waals surface area (Å²) in [6.07, 6.45) is 6.01. The second-order valence-corrected chi connectivity index (χ2v) is 17.1. The van der Waals surface area contributed by atoms with Gasteiger partial charge in [-0.25, -0.2) is 0 Å². The molecule has 2 fully saturated rings. The normalized spacial score (nSPS) is 22.3. The van der Waals surface area contributed by atoms with Gasteiger partial charge in [-0.05, 0) is 92.2 Å². The number of nitrogens with one attached hydrogen (secondary N) is 2. The van der Waals surface area contributed by atoms with E-state index in [1.165, 1.54) is 5.57 Å². The third kappa shape index (κ3) is 7.98. The van der Waals surface area contributed by atoms with Gasteiger partial charge in [0.1, 0.15) is 29.7 Å². The van der Waals surface area contributed by atoms with Crippen molar-refractivity contribution in [1.29, 1.82) is 5.26 Å². The fourth-order valence-electron chi connectivity index (χ4n) is 9.17. The molecule has 3 aromatic rings. The van der Waals surface area contributed by atoms with Crippen molar-refractivity contribution in [2.45, 2.75) is 84.4 Å². The van der Waals surface area contributed by atoms with Crippen LogP contribution in [0, 0.1) is 22.2 Å². The predicted octanol–water partition coefficient (Wildman–Crippen LogP) is 6.56. The molecular formula is C45H48ClN5O7. The lowest BCUT2D eigenvalue weighted by Crippen LogP contribution is -2.74. The van der Waals surface area contributed by atoms with E-state index < -0.39 is 29.7 Å². The molecule has 1 saturated carbocycles. The predicted molar refractivity (Wildman–Crippen MR) is 217 cm³/mol. The Labute approximate surface area is 343 Å². The molecule has 1 saturated heterocycles. The number of rotatable bonds is 13. The molecule has 1 atom stereocenters. The lowest BCUT2D eigenvalue weighted by molar-refractivity contribution is -0.164. The van der Waals surface area contributed by atoms with Crippen LogP contribution in [0.25, 0.3) is 5.57 Å². The third-order valence-electron chi connectivity index (χ3n) is 12.0. The van der Waals surface area contributed by atoms with Crippen molar-refractivity contribution in [3.05, 3.63) is 99.6 Å². The van der Waals surface area contributed by atoms with E-state index in [1.54, 1.807) is 36.4 Å². The summed E-state index contributed by atoms with van der Waals surface area (Å²) >= 11 is 6.24. The lowest BCUT2D eigenvalue weighted by Gasteiger charge is -2.63. The van der Waals surface area contributed by atoms with Crippen molar-refractivity contribution >= 4 is 46.7 Å². The van der Waals surface area contributed by atoms with Crippen LogP contribution in [0.15, 0.2) is 66.7 Å². The highest BCUT2D eigenvalue weighted by molar-refractivity contribution is 6.31. The summed E-state index contributed by atoms with van der Waals surface area (Å²) in [5.74, 6) is -1.16. The van der Waals surface area contributed by atoms with Crippen LogP contribution in [0.2, 0.25) is 5.02 Å². The fraction of sp³-hybridized carbons (Fsp3) is 0.422. The second kappa shape index (κ2) is 16.4. The molecule has 3 aromatic carbocycles. The van der Waals surface area contributed by atoms with E-state index in [0.717, 1.165) is 55.8 Å². The summed E-state index contributed by atoms with van der Waals surface area (Å²) in [6, 6.07) is 18.6. The number of hydrogen-bond acceptors (Lipinski definition) is 9. The Morgan fingerprint density at radius 3 is 2.31 bits per heavy atom. The Morgan fingerprint density at radius 2 is 1.64 bits per heavy atom. The van der Waals surface area contributed by atoms with Crippen LogP contribution in [-0.4, -0.2) is 83.8 Å². The Hall–Kier alpha value is -5.51. The summed E-state index contributed by atoms with van der Waals surface area (Å²) in [5.41, 5.74) is 3.13. The van der Waals surface area contributed by atoms with E-state index in [9.17, 15) is 29.2 Å². The van der Waals surface area contributed by atoms with Crippen LogP contribution in [0.1, 0.15) is 108 Å². The highest BCUT2D eigenvalue weighted by Gasteiger charge is 2.64. The summed E-state index contributed by atoms with van der Waals surface area (Å²) in [4.78, 5) is 66.7. The zero-order valence-corrected chi connectivity index (χ0v) is 34.0. The maximum absolute atomic E-state index is 13.4. The number of ether oxygens (including phenoxy) is 2. The second-order valence-electron chi connectivity index (χ2n) is 16.7. The van der Waals surface area contributed by atoms with Crippen LogP contribution in [-0.2, 0) is 9.59 Å². The summed E-state index contributed by atoms with van der Waals surface area (Å²) in [6.45, 7) is 11.6. The summed E-state index contributed by atoms with van der Waals surface area (Å²) in [5, 5.41) is 15.0. The third-order valence-corrected chi connectivity index (χ3v) is 12.4. The highest BCUT2D eigenvalue weighted by Crippen LogP contribution is 2.55. The molecule has 3 heterocycles. The molecule has 0 spiro atoms. The van der Waals surface area contributed by atoms with Gasteiger partial charge in [-0.1, -0.05) is 57.5 Å². The molecule has 58 heavy (non-hydrogen) atoms. The number of hydrogen-bond donors (Lipinski definition) is 2. The molecule has 302 valence electrons. The van der Waals surface area contributed by atoms with E-state index in [1.807, 2.05) is 24.3 Å². The van der Waals surface area contributed by atoms with E-state index in [-0.39, 0.29) is 52.9 Å². The minimum atomic E-state index is -0.997. The van der Waals surface area contributed by atoms with Crippen LogP contribution in [0.3, 0.4) is 0 Å². The number of unbranched alkanes of at least 4 members (excludes halogenated alkanes) is 2. The first-order valence-corrected chi connectivity index (χ1v) is 20.2. The molecule has 13 heteroatoms. The molecule has 0 radical (unpaired) electrons. The molecular weight excluding hydrogens is 758 g/mol. The van der Waals surface area contributed by atoms with Gasteiger partial charge in [0.15, 0.2) is 0 Å². The van der Waals surface area contributed by atoms with Crippen LogP contribution < -0.4 is 20.1 Å². The summed E-state index contributed by atoms with van der Waals surface area (Å²) < 4.78 is 12.3. The van der Waals surface area contributed by atoms with Gasteiger partial charge < -0.3 is 14.8 Å². The first-order chi connectivity index (χ1) is 27.7. The molecule has 4 aliphatic rings. The van der Waals surface area contributed by atoms with E-state index in [2.05, 4.69) is 55.4 Å². The average molecular weight is 806 g/mol. The van der Waals surface area contributed by atoms with Crippen molar-refractivity contribution in [1.82, 2.24) is 20.4 Å². The fourth-order valence-corrected chi connectivity index (χ4v) is 9.38. The van der Waals surface area contributed by atoms with Gasteiger partial charge >= 0.3 is 0 Å². The molecule has 1 aliphatic carbocycles. The monoisotopic (exact) mass is 805 g/mol. The molecule has 0 aromatic heterocycles. The van der Waals surface area contributed by atoms with Crippen molar-refractivity contribution < 1.29 is 33.4 Å². The quantitative estimate of drug-likeness (QED) is 0.144. The maximum atomic E-state index is 13.4. The number of nitrogens with zero attached hydrogens (tertiary/aromatic N) is 3. The maximum Gasteiger partial charge on any atom is 0.262 e. The Morgan fingerprint density at radius 1 is 0.914 bits per heavy atom. The zero-order chi connectivity index (χ0) is 41.4. The van der Waals surface area contributed by atoms with Crippen molar-refractivity contribution in [2.75, 3.05) is 26.2 Å². The number of halogens is 1. The van der Waals surface area contributed by atoms with Crippen molar-refractivity contribution in [2.24, 2.45) is 10.8 Å². The number of piperidine rings is 1. The molecule has 2 N–H and O–H groups in total. The van der Waals surface area contributed by atoms with Gasteiger partial charge in [-0.3, -0.25) is 39.1 Å². The molecule has 1 unspecified atom stereocenters. The van der Waals surface area contributed by atoms with Gasteiger partial charge in [0.2, 0.25) is 11.8 Å². The molecule has 5 amide bonds. The van der Waals surface area contributed by atoms with E-state index in [0.29, 0.717) is 34.3 Å². The first kappa shape index (κ1) is 40.7.